The molecule has 0 aliphatic carbocycles. The van der Waals surface area contributed by atoms with Crippen molar-refractivity contribution in [2.45, 2.75) is 26.7 Å². The van der Waals surface area contributed by atoms with Gasteiger partial charge in [0.15, 0.2) is 5.82 Å². The highest BCUT2D eigenvalue weighted by atomic mass is 35.5. The highest BCUT2D eigenvalue weighted by Gasteiger charge is 2.26. The van der Waals surface area contributed by atoms with Crippen molar-refractivity contribution in [2.75, 3.05) is 18.0 Å². The topological polar surface area (TPSA) is 57.7 Å². The summed E-state index contributed by atoms with van der Waals surface area (Å²) in [6.07, 6.45) is 3.97. The lowest BCUT2D eigenvalue weighted by Gasteiger charge is -2.37. The van der Waals surface area contributed by atoms with Crippen molar-refractivity contribution in [3.63, 3.8) is 0 Å². The van der Waals surface area contributed by atoms with Gasteiger partial charge in [-0.3, -0.25) is 5.10 Å². The van der Waals surface area contributed by atoms with Gasteiger partial charge in [0.25, 0.3) is 0 Å². The van der Waals surface area contributed by atoms with Crippen LogP contribution in [-0.4, -0.2) is 33.3 Å². The van der Waals surface area contributed by atoms with Crippen LogP contribution >= 0.6 is 11.6 Å². The van der Waals surface area contributed by atoms with E-state index < -0.39 is 5.82 Å². The van der Waals surface area contributed by atoms with Gasteiger partial charge in [-0.1, -0.05) is 31.5 Å². The summed E-state index contributed by atoms with van der Waals surface area (Å²) in [5.41, 5.74) is 2.24. The van der Waals surface area contributed by atoms with Crippen molar-refractivity contribution >= 4 is 28.6 Å². The van der Waals surface area contributed by atoms with E-state index in [-0.39, 0.29) is 5.02 Å². The maximum atomic E-state index is 14.3. The molecule has 0 saturated carbocycles. The first-order valence-corrected chi connectivity index (χ1v) is 8.73. The van der Waals surface area contributed by atoms with E-state index in [0.717, 1.165) is 31.7 Å². The molecule has 2 aromatic heterocycles. The van der Waals surface area contributed by atoms with Crippen molar-refractivity contribution in [3.8, 4) is 11.3 Å². The first kappa shape index (κ1) is 16.3. The van der Waals surface area contributed by atoms with E-state index in [0.29, 0.717) is 27.8 Å². The molecule has 5 nitrogen and oxygen atoms in total. The second-order valence-corrected chi connectivity index (χ2v) is 7.66. The molecule has 4 rings (SSSR count). The predicted molar refractivity (Wildman–Crippen MR) is 97.3 cm³/mol. The van der Waals surface area contributed by atoms with Crippen molar-refractivity contribution in [3.05, 3.63) is 35.2 Å². The Balaban J connectivity index is 1.69. The molecule has 1 aromatic carbocycles. The van der Waals surface area contributed by atoms with E-state index in [9.17, 15) is 4.39 Å². The van der Waals surface area contributed by atoms with Crippen LogP contribution in [0.25, 0.3) is 22.4 Å². The summed E-state index contributed by atoms with van der Waals surface area (Å²) in [5, 5.41) is 7.13. The van der Waals surface area contributed by atoms with Crippen LogP contribution in [0.2, 0.25) is 5.02 Å². The van der Waals surface area contributed by atoms with Gasteiger partial charge in [-0.05, 0) is 30.4 Å². The molecule has 0 atom stereocenters. The Labute approximate surface area is 150 Å². The van der Waals surface area contributed by atoms with E-state index in [1.165, 1.54) is 6.07 Å². The third-order valence-corrected chi connectivity index (χ3v) is 5.21. The fraction of sp³-hybridized carbons (Fsp3) is 0.389. The number of aromatic amines is 1. The van der Waals surface area contributed by atoms with Gasteiger partial charge in [0.2, 0.25) is 5.65 Å². The van der Waals surface area contributed by atoms with Crippen LogP contribution < -0.4 is 4.90 Å². The number of piperidine rings is 1. The fourth-order valence-corrected chi connectivity index (χ4v) is 3.34. The molecule has 0 spiro atoms. The minimum atomic E-state index is -0.487. The van der Waals surface area contributed by atoms with E-state index in [1.54, 1.807) is 18.3 Å². The van der Waals surface area contributed by atoms with Crippen LogP contribution in [0.4, 0.5) is 10.2 Å². The molecule has 0 unspecified atom stereocenters. The monoisotopic (exact) mass is 359 g/mol. The Morgan fingerprint density at radius 2 is 2.00 bits per heavy atom. The van der Waals surface area contributed by atoms with E-state index in [2.05, 4.69) is 38.9 Å². The summed E-state index contributed by atoms with van der Waals surface area (Å²) < 4.78 is 14.3. The van der Waals surface area contributed by atoms with Crippen LogP contribution in [0.1, 0.15) is 26.7 Å². The number of fused-ring (bicyclic) bond motifs is 1. The third-order valence-electron chi connectivity index (χ3n) is 4.91. The van der Waals surface area contributed by atoms with Gasteiger partial charge in [-0.25, -0.2) is 14.4 Å². The molecule has 1 saturated heterocycles. The Kier molecular flexibility index (Phi) is 3.87. The summed E-state index contributed by atoms with van der Waals surface area (Å²) in [6.45, 7) is 6.48. The summed E-state index contributed by atoms with van der Waals surface area (Å²) >= 11 is 5.88. The maximum Gasteiger partial charge on any atom is 0.202 e. The molecule has 25 heavy (non-hydrogen) atoms. The number of hydrogen-bond donors (Lipinski definition) is 1. The summed E-state index contributed by atoms with van der Waals surface area (Å²) in [5.74, 6) is 0.325. The molecule has 1 aliphatic heterocycles. The standard InChI is InChI=1S/C18H19ClFN5/c1-18(2)6-8-25(9-7-18)13-10-21-16-15(23-24-17(16)22-13)11-4-3-5-12(19)14(11)20/h3-5,10H,6-9H2,1-2H3,(H,22,23,24). The van der Waals surface area contributed by atoms with Gasteiger partial charge in [-0.2, -0.15) is 5.10 Å². The zero-order valence-electron chi connectivity index (χ0n) is 14.2. The van der Waals surface area contributed by atoms with E-state index in [4.69, 9.17) is 11.6 Å². The third kappa shape index (κ3) is 2.95. The molecule has 0 radical (unpaired) electrons. The lowest BCUT2D eigenvalue weighted by Crippen LogP contribution is -2.37. The van der Waals surface area contributed by atoms with Gasteiger partial charge in [0.05, 0.1) is 16.9 Å². The van der Waals surface area contributed by atoms with Crippen LogP contribution in [0, 0.1) is 11.2 Å². The van der Waals surface area contributed by atoms with Gasteiger partial charge >= 0.3 is 0 Å². The van der Waals surface area contributed by atoms with Crippen molar-refractivity contribution in [2.24, 2.45) is 5.41 Å². The molecule has 1 fully saturated rings. The fourth-order valence-electron chi connectivity index (χ4n) is 3.16. The van der Waals surface area contributed by atoms with E-state index >= 15 is 0 Å². The van der Waals surface area contributed by atoms with Crippen molar-refractivity contribution in [1.29, 1.82) is 0 Å². The number of halogens is 2. The molecule has 3 aromatic rings. The number of H-pyrrole nitrogens is 1. The second kappa shape index (κ2) is 5.95. The molecule has 1 N–H and O–H groups in total. The molecular weight excluding hydrogens is 341 g/mol. The SMILES string of the molecule is CC1(C)CCN(c2cnc3c(-c4cccc(Cl)c4F)[nH]nc3n2)CC1. The quantitative estimate of drug-likeness (QED) is 0.735. The van der Waals surface area contributed by atoms with Crippen LogP contribution in [-0.2, 0) is 0 Å². The molecule has 0 amide bonds. The zero-order valence-corrected chi connectivity index (χ0v) is 14.9. The number of nitrogens with one attached hydrogen (secondary N) is 1. The van der Waals surface area contributed by atoms with Crippen molar-refractivity contribution in [1.82, 2.24) is 20.2 Å². The van der Waals surface area contributed by atoms with Gasteiger partial charge in [0, 0.05) is 18.7 Å². The lowest BCUT2D eigenvalue weighted by molar-refractivity contribution is 0.279. The number of anilines is 1. The average molecular weight is 360 g/mol. The summed E-state index contributed by atoms with van der Waals surface area (Å²) in [7, 11) is 0. The first-order chi connectivity index (χ1) is 11.9. The Hall–Kier alpha value is -2.21. The maximum absolute atomic E-state index is 14.3. The normalized spacial score (nSPS) is 17.2. The van der Waals surface area contributed by atoms with Gasteiger partial charge in [0.1, 0.15) is 11.3 Å². The number of hydrogen-bond acceptors (Lipinski definition) is 4. The minimum absolute atomic E-state index is 0.0701. The largest absolute Gasteiger partial charge is 0.355 e. The molecule has 3 heterocycles. The smallest absolute Gasteiger partial charge is 0.202 e. The molecule has 7 heteroatoms. The molecular formula is C18H19ClFN5. The highest BCUT2D eigenvalue weighted by Crippen LogP contribution is 2.33. The van der Waals surface area contributed by atoms with Crippen molar-refractivity contribution < 1.29 is 4.39 Å². The lowest BCUT2D eigenvalue weighted by atomic mass is 9.83. The highest BCUT2D eigenvalue weighted by molar-refractivity contribution is 6.31. The van der Waals surface area contributed by atoms with E-state index in [1.807, 2.05) is 0 Å². The van der Waals surface area contributed by atoms with Crippen LogP contribution in [0.5, 0.6) is 0 Å². The van der Waals surface area contributed by atoms with Crippen LogP contribution in [0.3, 0.4) is 0 Å². The second-order valence-electron chi connectivity index (χ2n) is 7.25. The summed E-state index contributed by atoms with van der Waals surface area (Å²) in [6, 6.07) is 4.86. The Morgan fingerprint density at radius 1 is 1.24 bits per heavy atom. The summed E-state index contributed by atoms with van der Waals surface area (Å²) in [4.78, 5) is 11.3. The number of nitrogens with zero attached hydrogens (tertiary/aromatic N) is 4. The van der Waals surface area contributed by atoms with Crippen LogP contribution in [0.15, 0.2) is 24.4 Å². The number of aromatic nitrogens is 4. The zero-order chi connectivity index (χ0) is 17.6. The number of rotatable bonds is 2. The minimum Gasteiger partial charge on any atom is -0.355 e. The van der Waals surface area contributed by atoms with Gasteiger partial charge in [-0.15, -0.1) is 0 Å². The Bertz CT molecular complexity index is 926. The number of benzene rings is 1. The predicted octanol–water partition coefficient (Wildman–Crippen LogP) is 4.44. The molecule has 130 valence electrons. The Morgan fingerprint density at radius 3 is 2.76 bits per heavy atom. The first-order valence-electron chi connectivity index (χ1n) is 8.35. The average Bonchev–Trinajstić information content (AvgIpc) is 3.00. The molecule has 1 aliphatic rings. The molecule has 0 bridgehead atoms. The van der Waals surface area contributed by atoms with Gasteiger partial charge < -0.3 is 4.90 Å².